The molecule has 0 amide bonds. The van der Waals surface area contributed by atoms with Crippen LogP contribution in [-0.2, 0) is 0 Å². The highest BCUT2D eigenvalue weighted by Crippen LogP contribution is 2.28. The number of nitrogens with one attached hydrogen (secondary N) is 2. The summed E-state index contributed by atoms with van der Waals surface area (Å²) in [5.74, 6) is 1.34. The molecule has 0 saturated carbocycles. The average molecular weight is 364 g/mol. The first kappa shape index (κ1) is 17.5. The summed E-state index contributed by atoms with van der Waals surface area (Å²) in [6.07, 6.45) is 4.60. The fourth-order valence-corrected chi connectivity index (χ4v) is 3.30. The minimum Gasteiger partial charge on any atom is -0.423 e. The Labute approximate surface area is 158 Å². The number of aryl methyl sites for hydroxylation is 1. The van der Waals surface area contributed by atoms with Crippen molar-refractivity contribution in [3.05, 3.63) is 48.4 Å². The second kappa shape index (κ2) is 7.75. The number of hydrogen-bond acceptors (Lipinski definition) is 7. The van der Waals surface area contributed by atoms with Crippen LogP contribution in [-0.4, -0.2) is 40.6 Å². The van der Waals surface area contributed by atoms with Crippen molar-refractivity contribution in [2.75, 3.05) is 29.9 Å². The van der Waals surface area contributed by atoms with Crippen molar-refractivity contribution < 1.29 is 4.42 Å². The molecule has 3 heterocycles. The van der Waals surface area contributed by atoms with Gasteiger partial charge in [-0.1, -0.05) is 19.1 Å². The van der Waals surface area contributed by atoms with Gasteiger partial charge in [-0.15, -0.1) is 0 Å². The average Bonchev–Trinajstić information content (AvgIpc) is 3.18. The number of rotatable bonds is 5. The second-order valence-electron chi connectivity index (χ2n) is 6.69. The summed E-state index contributed by atoms with van der Waals surface area (Å²) in [6.45, 7) is 6.95. The van der Waals surface area contributed by atoms with E-state index >= 15 is 0 Å². The standard InChI is InChI=1S/C20H24N6O/c1-3-17-12-21-9-10-26(17)20-23-13-18(27-20)15-5-4-6-16(11-15)25-19-22-8-7-14(2)24-19/h4-8,11,13,17,21H,3,9-10,12H2,1-2H3,(H,22,24,25). The van der Waals surface area contributed by atoms with Gasteiger partial charge in [0.25, 0.3) is 6.01 Å². The predicted molar refractivity (Wildman–Crippen MR) is 106 cm³/mol. The molecule has 1 unspecified atom stereocenters. The molecular weight excluding hydrogens is 340 g/mol. The zero-order valence-corrected chi connectivity index (χ0v) is 15.6. The van der Waals surface area contributed by atoms with Crippen molar-refractivity contribution in [1.82, 2.24) is 20.3 Å². The zero-order valence-electron chi connectivity index (χ0n) is 15.6. The van der Waals surface area contributed by atoms with Gasteiger partial charge >= 0.3 is 0 Å². The van der Waals surface area contributed by atoms with E-state index in [0.29, 0.717) is 18.0 Å². The lowest BCUT2D eigenvalue weighted by molar-refractivity contribution is 0.426. The van der Waals surface area contributed by atoms with Gasteiger partial charge in [0.15, 0.2) is 5.76 Å². The summed E-state index contributed by atoms with van der Waals surface area (Å²) >= 11 is 0. The third-order valence-corrected chi connectivity index (χ3v) is 4.76. The van der Waals surface area contributed by atoms with Crippen LogP contribution in [0.1, 0.15) is 19.0 Å². The molecule has 1 aliphatic heterocycles. The van der Waals surface area contributed by atoms with Crippen LogP contribution in [0.3, 0.4) is 0 Å². The molecule has 1 saturated heterocycles. The lowest BCUT2D eigenvalue weighted by Gasteiger charge is -2.34. The molecule has 0 spiro atoms. The van der Waals surface area contributed by atoms with E-state index in [-0.39, 0.29) is 0 Å². The number of hydrogen-bond donors (Lipinski definition) is 2. The van der Waals surface area contributed by atoms with Crippen LogP contribution in [0.2, 0.25) is 0 Å². The Morgan fingerprint density at radius 1 is 1.30 bits per heavy atom. The molecule has 0 bridgehead atoms. The predicted octanol–water partition coefficient (Wildman–Crippen LogP) is 3.37. The number of benzene rings is 1. The Kier molecular flexibility index (Phi) is 5.02. The van der Waals surface area contributed by atoms with Crippen molar-refractivity contribution in [2.45, 2.75) is 26.3 Å². The molecule has 0 aliphatic carbocycles. The summed E-state index contributed by atoms with van der Waals surface area (Å²) in [4.78, 5) is 15.4. The molecule has 1 aromatic carbocycles. The minimum absolute atomic E-state index is 0.414. The smallest absolute Gasteiger partial charge is 0.298 e. The largest absolute Gasteiger partial charge is 0.423 e. The molecule has 4 rings (SSSR count). The van der Waals surface area contributed by atoms with E-state index in [1.165, 1.54) is 0 Å². The van der Waals surface area contributed by atoms with Crippen LogP contribution in [0.25, 0.3) is 11.3 Å². The first-order valence-electron chi connectivity index (χ1n) is 9.33. The summed E-state index contributed by atoms with van der Waals surface area (Å²) in [6, 6.07) is 11.0. The third kappa shape index (κ3) is 3.93. The van der Waals surface area contributed by atoms with Gasteiger partial charge in [0.05, 0.1) is 6.20 Å². The Balaban J connectivity index is 1.55. The Morgan fingerprint density at radius 3 is 3.07 bits per heavy atom. The quantitative estimate of drug-likeness (QED) is 0.718. The molecule has 7 nitrogen and oxygen atoms in total. The van der Waals surface area contributed by atoms with Crippen molar-refractivity contribution in [1.29, 1.82) is 0 Å². The van der Waals surface area contributed by atoms with Crippen LogP contribution in [0, 0.1) is 6.92 Å². The van der Waals surface area contributed by atoms with Crippen LogP contribution in [0.5, 0.6) is 0 Å². The molecule has 2 aromatic heterocycles. The maximum Gasteiger partial charge on any atom is 0.298 e. The van der Waals surface area contributed by atoms with E-state index in [2.05, 4.69) is 37.4 Å². The first-order valence-corrected chi connectivity index (χ1v) is 9.33. The Bertz CT molecular complexity index is 909. The van der Waals surface area contributed by atoms with E-state index in [1.54, 1.807) is 12.4 Å². The van der Waals surface area contributed by atoms with Gasteiger partial charge < -0.3 is 20.0 Å². The number of nitrogens with zero attached hydrogens (tertiary/aromatic N) is 4. The SMILES string of the molecule is CCC1CNCCN1c1ncc(-c2cccc(Nc3nccc(C)n3)c2)o1. The maximum atomic E-state index is 6.09. The van der Waals surface area contributed by atoms with Crippen LogP contribution in [0.4, 0.5) is 17.7 Å². The minimum atomic E-state index is 0.414. The first-order chi connectivity index (χ1) is 13.2. The van der Waals surface area contributed by atoms with Crippen molar-refractivity contribution >= 4 is 17.7 Å². The Hall–Kier alpha value is -2.93. The summed E-state index contributed by atoms with van der Waals surface area (Å²) in [7, 11) is 0. The Morgan fingerprint density at radius 2 is 2.22 bits per heavy atom. The van der Waals surface area contributed by atoms with Crippen molar-refractivity contribution in [2.24, 2.45) is 0 Å². The fourth-order valence-electron chi connectivity index (χ4n) is 3.30. The van der Waals surface area contributed by atoms with E-state index in [0.717, 1.165) is 48.8 Å². The molecule has 1 fully saturated rings. The van der Waals surface area contributed by atoms with Gasteiger partial charge in [0, 0.05) is 48.8 Å². The number of oxazole rings is 1. The highest BCUT2D eigenvalue weighted by atomic mass is 16.4. The number of aromatic nitrogens is 3. The molecule has 0 radical (unpaired) electrons. The van der Waals surface area contributed by atoms with E-state index < -0.39 is 0 Å². The third-order valence-electron chi connectivity index (χ3n) is 4.76. The normalized spacial score (nSPS) is 17.1. The fraction of sp³-hybridized carbons (Fsp3) is 0.350. The van der Waals surface area contributed by atoms with Crippen LogP contribution >= 0.6 is 0 Å². The lowest BCUT2D eigenvalue weighted by atomic mass is 10.1. The van der Waals surface area contributed by atoms with Gasteiger partial charge in [-0.2, -0.15) is 0 Å². The summed E-state index contributed by atoms with van der Waals surface area (Å²) in [5, 5.41) is 6.67. The molecule has 140 valence electrons. The zero-order chi connectivity index (χ0) is 18.6. The van der Waals surface area contributed by atoms with Crippen molar-refractivity contribution in [3.63, 3.8) is 0 Å². The van der Waals surface area contributed by atoms with Crippen LogP contribution in [0.15, 0.2) is 47.1 Å². The molecule has 27 heavy (non-hydrogen) atoms. The van der Waals surface area contributed by atoms with Gasteiger partial charge in [-0.3, -0.25) is 0 Å². The summed E-state index contributed by atoms with van der Waals surface area (Å²) in [5.41, 5.74) is 2.80. The summed E-state index contributed by atoms with van der Waals surface area (Å²) < 4.78 is 6.09. The maximum absolute atomic E-state index is 6.09. The van der Waals surface area contributed by atoms with E-state index in [4.69, 9.17) is 4.42 Å². The topological polar surface area (TPSA) is 79.1 Å². The van der Waals surface area contributed by atoms with Gasteiger partial charge in [0.2, 0.25) is 5.95 Å². The molecule has 2 N–H and O–H groups in total. The van der Waals surface area contributed by atoms with Crippen LogP contribution < -0.4 is 15.5 Å². The molecule has 1 atom stereocenters. The number of anilines is 3. The van der Waals surface area contributed by atoms with Gasteiger partial charge in [-0.25, -0.2) is 15.0 Å². The molecular formula is C20H24N6O. The molecule has 3 aromatic rings. The molecule has 7 heteroatoms. The highest BCUT2D eigenvalue weighted by Gasteiger charge is 2.24. The second-order valence-corrected chi connectivity index (χ2v) is 6.69. The van der Waals surface area contributed by atoms with Gasteiger partial charge in [-0.05, 0) is 31.5 Å². The lowest BCUT2D eigenvalue weighted by Crippen LogP contribution is -2.51. The highest BCUT2D eigenvalue weighted by molar-refractivity contribution is 5.66. The van der Waals surface area contributed by atoms with E-state index in [9.17, 15) is 0 Å². The van der Waals surface area contributed by atoms with Gasteiger partial charge in [0.1, 0.15) is 0 Å². The monoisotopic (exact) mass is 364 g/mol. The van der Waals surface area contributed by atoms with E-state index in [1.807, 2.05) is 37.3 Å². The van der Waals surface area contributed by atoms with Crippen molar-refractivity contribution in [3.8, 4) is 11.3 Å². The molecule has 1 aliphatic rings. The number of piperazine rings is 1.